The smallest absolute Gasteiger partial charge is 0.0740 e. The molecule has 0 radical (unpaired) electrons. The van der Waals surface area contributed by atoms with E-state index in [9.17, 15) is 5.11 Å². The molecule has 1 fully saturated rings. The van der Waals surface area contributed by atoms with E-state index in [1.54, 1.807) is 6.20 Å². The summed E-state index contributed by atoms with van der Waals surface area (Å²) in [5, 5.41) is 14.1. The van der Waals surface area contributed by atoms with E-state index in [1.807, 2.05) is 18.3 Å². The van der Waals surface area contributed by atoms with E-state index in [0.717, 1.165) is 37.9 Å². The molecule has 2 rings (SSSR count). The number of aromatic nitrogens is 1. The van der Waals surface area contributed by atoms with Crippen LogP contribution in [0.3, 0.4) is 0 Å². The van der Waals surface area contributed by atoms with E-state index in [-0.39, 0.29) is 0 Å². The average molecular weight is 220 g/mol. The fraction of sp³-hybridized carbons (Fsp3) is 0.615. The zero-order chi connectivity index (χ0) is 11.4. The first-order chi connectivity index (χ1) is 7.74. The maximum atomic E-state index is 10.7. The number of rotatable bonds is 3. The Morgan fingerprint density at radius 2 is 2.50 bits per heavy atom. The Morgan fingerprint density at radius 1 is 1.62 bits per heavy atom. The van der Waals surface area contributed by atoms with Crippen molar-refractivity contribution in [2.24, 2.45) is 5.92 Å². The number of pyridine rings is 1. The normalized spacial score (nSPS) is 30.2. The van der Waals surface area contributed by atoms with Crippen LogP contribution >= 0.6 is 0 Å². The SMILES string of the molecule is CCC1CNCCC1(O)Cc1cccnc1. The van der Waals surface area contributed by atoms with Gasteiger partial charge in [0.05, 0.1) is 5.60 Å². The van der Waals surface area contributed by atoms with E-state index in [1.165, 1.54) is 0 Å². The molecular weight excluding hydrogens is 200 g/mol. The molecule has 2 heterocycles. The fourth-order valence-corrected chi connectivity index (χ4v) is 2.59. The highest BCUT2D eigenvalue weighted by Gasteiger charge is 2.37. The van der Waals surface area contributed by atoms with Crippen LogP contribution in [0.4, 0.5) is 0 Å². The van der Waals surface area contributed by atoms with Crippen LogP contribution in [-0.4, -0.2) is 28.8 Å². The number of hydrogen-bond donors (Lipinski definition) is 2. The standard InChI is InChI=1S/C13H20N2O/c1-2-12-10-15-7-5-13(12,16)8-11-4-3-6-14-9-11/h3-4,6,9,12,15-16H,2,5,7-8,10H2,1H3. The highest BCUT2D eigenvalue weighted by Crippen LogP contribution is 2.30. The van der Waals surface area contributed by atoms with Crippen LogP contribution < -0.4 is 5.32 Å². The zero-order valence-electron chi connectivity index (χ0n) is 9.82. The molecule has 2 unspecified atom stereocenters. The second-order valence-corrected chi connectivity index (χ2v) is 4.70. The van der Waals surface area contributed by atoms with Crippen molar-refractivity contribution in [3.05, 3.63) is 30.1 Å². The lowest BCUT2D eigenvalue weighted by atomic mass is 9.76. The monoisotopic (exact) mass is 220 g/mol. The Balaban J connectivity index is 2.11. The summed E-state index contributed by atoms with van der Waals surface area (Å²) >= 11 is 0. The molecule has 0 aliphatic carbocycles. The lowest BCUT2D eigenvalue weighted by Crippen LogP contribution is -2.51. The first kappa shape index (κ1) is 11.6. The van der Waals surface area contributed by atoms with Crippen molar-refractivity contribution in [3.8, 4) is 0 Å². The predicted molar refractivity (Wildman–Crippen MR) is 64.2 cm³/mol. The third-order valence-corrected chi connectivity index (χ3v) is 3.61. The summed E-state index contributed by atoms with van der Waals surface area (Å²) in [5.74, 6) is 0.349. The summed E-state index contributed by atoms with van der Waals surface area (Å²) in [6, 6.07) is 3.97. The van der Waals surface area contributed by atoms with Gasteiger partial charge in [0.2, 0.25) is 0 Å². The van der Waals surface area contributed by atoms with Crippen LogP contribution in [0.2, 0.25) is 0 Å². The molecule has 0 aromatic carbocycles. The maximum Gasteiger partial charge on any atom is 0.0740 e. The second kappa shape index (κ2) is 4.93. The lowest BCUT2D eigenvalue weighted by Gasteiger charge is -2.40. The Kier molecular flexibility index (Phi) is 3.56. The highest BCUT2D eigenvalue weighted by atomic mass is 16.3. The van der Waals surface area contributed by atoms with Gasteiger partial charge in [0.1, 0.15) is 0 Å². The topological polar surface area (TPSA) is 45.1 Å². The summed E-state index contributed by atoms with van der Waals surface area (Å²) in [5.41, 5.74) is 0.577. The van der Waals surface area contributed by atoms with Crippen LogP contribution in [0.25, 0.3) is 0 Å². The van der Waals surface area contributed by atoms with Gasteiger partial charge in [-0.3, -0.25) is 4.98 Å². The van der Waals surface area contributed by atoms with Gasteiger partial charge in [-0.1, -0.05) is 13.0 Å². The first-order valence-corrected chi connectivity index (χ1v) is 6.06. The molecule has 1 aromatic rings. The maximum absolute atomic E-state index is 10.7. The molecule has 0 spiro atoms. The Labute approximate surface area is 96.9 Å². The van der Waals surface area contributed by atoms with Gasteiger partial charge in [-0.25, -0.2) is 0 Å². The van der Waals surface area contributed by atoms with Crippen molar-refractivity contribution < 1.29 is 5.11 Å². The van der Waals surface area contributed by atoms with Crippen molar-refractivity contribution >= 4 is 0 Å². The van der Waals surface area contributed by atoms with E-state index in [4.69, 9.17) is 0 Å². The quantitative estimate of drug-likeness (QED) is 0.809. The summed E-state index contributed by atoms with van der Waals surface area (Å²) < 4.78 is 0. The summed E-state index contributed by atoms with van der Waals surface area (Å²) in [4.78, 5) is 4.11. The molecule has 3 nitrogen and oxygen atoms in total. The zero-order valence-corrected chi connectivity index (χ0v) is 9.82. The highest BCUT2D eigenvalue weighted by molar-refractivity contribution is 5.13. The molecule has 0 amide bonds. The van der Waals surface area contributed by atoms with Gasteiger partial charge < -0.3 is 10.4 Å². The lowest BCUT2D eigenvalue weighted by molar-refractivity contribution is -0.0414. The summed E-state index contributed by atoms with van der Waals surface area (Å²) in [6.45, 7) is 3.98. The number of aliphatic hydroxyl groups is 1. The van der Waals surface area contributed by atoms with E-state index in [2.05, 4.69) is 17.2 Å². The third-order valence-electron chi connectivity index (χ3n) is 3.61. The Morgan fingerprint density at radius 3 is 3.19 bits per heavy atom. The molecule has 1 saturated heterocycles. The molecule has 0 saturated carbocycles. The van der Waals surface area contributed by atoms with Crippen molar-refractivity contribution in [1.82, 2.24) is 10.3 Å². The molecule has 88 valence electrons. The number of piperidine rings is 1. The minimum atomic E-state index is -0.553. The van der Waals surface area contributed by atoms with Gasteiger partial charge in [-0.05, 0) is 31.0 Å². The number of hydrogen-bond acceptors (Lipinski definition) is 3. The second-order valence-electron chi connectivity index (χ2n) is 4.70. The molecule has 2 N–H and O–H groups in total. The molecule has 0 bridgehead atoms. The van der Waals surface area contributed by atoms with E-state index < -0.39 is 5.60 Å². The van der Waals surface area contributed by atoms with Crippen LogP contribution in [-0.2, 0) is 6.42 Å². The van der Waals surface area contributed by atoms with Crippen molar-refractivity contribution in [1.29, 1.82) is 0 Å². The van der Waals surface area contributed by atoms with Gasteiger partial charge >= 0.3 is 0 Å². The minimum Gasteiger partial charge on any atom is -0.389 e. The molecule has 1 aromatic heterocycles. The molecule has 2 atom stereocenters. The van der Waals surface area contributed by atoms with Crippen LogP contribution in [0.5, 0.6) is 0 Å². The number of nitrogens with zero attached hydrogens (tertiary/aromatic N) is 1. The van der Waals surface area contributed by atoms with Crippen molar-refractivity contribution in [3.63, 3.8) is 0 Å². The first-order valence-electron chi connectivity index (χ1n) is 6.06. The van der Waals surface area contributed by atoms with Gasteiger partial charge in [-0.2, -0.15) is 0 Å². The molecule has 16 heavy (non-hydrogen) atoms. The largest absolute Gasteiger partial charge is 0.389 e. The summed E-state index contributed by atoms with van der Waals surface area (Å²) in [7, 11) is 0. The third kappa shape index (κ3) is 2.42. The predicted octanol–water partition coefficient (Wildman–Crippen LogP) is 1.37. The molecule has 1 aliphatic rings. The summed E-state index contributed by atoms with van der Waals surface area (Å²) in [6.07, 6.45) is 6.20. The van der Waals surface area contributed by atoms with E-state index >= 15 is 0 Å². The van der Waals surface area contributed by atoms with Crippen molar-refractivity contribution in [2.45, 2.75) is 31.8 Å². The van der Waals surface area contributed by atoms with Crippen LogP contribution in [0.1, 0.15) is 25.3 Å². The minimum absolute atomic E-state index is 0.349. The van der Waals surface area contributed by atoms with Crippen LogP contribution in [0.15, 0.2) is 24.5 Å². The van der Waals surface area contributed by atoms with Gasteiger partial charge in [0.25, 0.3) is 0 Å². The van der Waals surface area contributed by atoms with Gasteiger partial charge in [-0.15, -0.1) is 0 Å². The molecule has 3 heteroatoms. The number of nitrogens with one attached hydrogen (secondary N) is 1. The molecule has 1 aliphatic heterocycles. The van der Waals surface area contributed by atoms with Crippen molar-refractivity contribution in [2.75, 3.05) is 13.1 Å². The van der Waals surface area contributed by atoms with E-state index in [0.29, 0.717) is 5.92 Å². The van der Waals surface area contributed by atoms with Gasteiger partial charge in [0, 0.05) is 31.3 Å². The Hall–Kier alpha value is -0.930. The Bertz CT molecular complexity index is 328. The fourth-order valence-electron chi connectivity index (χ4n) is 2.59. The van der Waals surface area contributed by atoms with Gasteiger partial charge in [0.15, 0.2) is 0 Å². The molecular formula is C13H20N2O. The van der Waals surface area contributed by atoms with Crippen LogP contribution in [0, 0.1) is 5.92 Å². The average Bonchev–Trinajstić information content (AvgIpc) is 2.30.